The van der Waals surface area contributed by atoms with E-state index in [1.165, 1.54) is 6.92 Å². The van der Waals surface area contributed by atoms with Crippen LogP contribution in [0.2, 0.25) is 0 Å². The summed E-state index contributed by atoms with van der Waals surface area (Å²) in [5.74, 6) is -0.0308. The molecule has 0 saturated heterocycles. The lowest BCUT2D eigenvalue weighted by Crippen LogP contribution is -2.36. The molecule has 1 aromatic rings. The van der Waals surface area contributed by atoms with Crippen molar-refractivity contribution in [1.29, 1.82) is 0 Å². The van der Waals surface area contributed by atoms with E-state index < -0.39 is 10.8 Å². The third kappa shape index (κ3) is 3.37. The molecule has 2 unspecified atom stereocenters. The Balaban J connectivity index is 2.27. The topological polar surface area (TPSA) is 46.2 Å². The Bertz CT molecular complexity index is 560. The Hall–Kier alpha value is -1.42. The number of hydrogen-bond acceptors (Lipinski definition) is 2. The number of nitrogens with one attached hydrogen (secondary N) is 1. The standard InChI is InChI=1S/C16H21NO2S/c1-11-7-9-14(10-8-11)20(19)16-6-4-5-15(12(16)2)17-13(3)18/h7-10,15H,4-6H2,1-3H3,(H,17,18). The van der Waals surface area contributed by atoms with Crippen LogP contribution >= 0.6 is 0 Å². The summed E-state index contributed by atoms with van der Waals surface area (Å²) < 4.78 is 12.7. The minimum absolute atomic E-state index is 0.0308. The van der Waals surface area contributed by atoms with Gasteiger partial charge in [-0.3, -0.25) is 4.79 Å². The Kier molecular flexibility index (Phi) is 4.76. The average Bonchev–Trinajstić information content (AvgIpc) is 2.41. The fourth-order valence-corrected chi connectivity index (χ4v) is 3.98. The fraction of sp³-hybridized carbons (Fsp3) is 0.438. The second-order valence-electron chi connectivity index (χ2n) is 5.33. The minimum atomic E-state index is -1.12. The van der Waals surface area contributed by atoms with E-state index >= 15 is 0 Å². The normalized spacial score (nSPS) is 20.6. The number of benzene rings is 1. The zero-order valence-electron chi connectivity index (χ0n) is 12.2. The molecule has 0 heterocycles. The summed E-state index contributed by atoms with van der Waals surface area (Å²) in [4.78, 5) is 13.0. The van der Waals surface area contributed by atoms with Crippen LogP contribution in [-0.2, 0) is 15.6 Å². The van der Waals surface area contributed by atoms with Gasteiger partial charge in [0, 0.05) is 16.7 Å². The highest BCUT2D eigenvalue weighted by molar-refractivity contribution is 7.89. The van der Waals surface area contributed by atoms with Gasteiger partial charge in [-0.25, -0.2) is 4.21 Å². The lowest BCUT2D eigenvalue weighted by atomic mass is 9.95. The summed E-state index contributed by atoms with van der Waals surface area (Å²) in [7, 11) is -1.12. The van der Waals surface area contributed by atoms with Crippen LogP contribution in [0.4, 0.5) is 0 Å². The molecule has 1 amide bonds. The third-order valence-electron chi connectivity index (χ3n) is 3.70. The maximum absolute atomic E-state index is 12.7. The van der Waals surface area contributed by atoms with Crippen LogP contribution in [0.1, 0.15) is 38.7 Å². The highest BCUT2D eigenvalue weighted by Crippen LogP contribution is 2.30. The molecule has 0 bridgehead atoms. The smallest absolute Gasteiger partial charge is 0.217 e. The minimum Gasteiger partial charge on any atom is -0.350 e. The van der Waals surface area contributed by atoms with Gasteiger partial charge in [0.05, 0.1) is 16.8 Å². The maximum Gasteiger partial charge on any atom is 0.217 e. The Labute approximate surface area is 122 Å². The zero-order chi connectivity index (χ0) is 14.7. The average molecular weight is 291 g/mol. The summed E-state index contributed by atoms with van der Waals surface area (Å²) >= 11 is 0. The van der Waals surface area contributed by atoms with Gasteiger partial charge >= 0.3 is 0 Å². The van der Waals surface area contributed by atoms with Gasteiger partial charge in [0.1, 0.15) is 0 Å². The molecule has 1 N–H and O–H groups in total. The van der Waals surface area contributed by atoms with Crippen LogP contribution in [0.15, 0.2) is 39.6 Å². The van der Waals surface area contributed by atoms with Gasteiger partial charge in [0.15, 0.2) is 0 Å². The molecule has 2 atom stereocenters. The molecule has 20 heavy (non-hydrogen) atoms. The number of hydrogen-bond donors (Lipinski definition) is 1. The van der Waals surface area contributed by atoms with Gasteiger partial charge in [-0.15, -0.1) is 0 Å². The lowest BCUT2D eigenvalue weighted by molar-refractivity contribution is -0.119. The SMILES string of the molecule is CC(=O)NC1CCCC(S(=O)c2ccc(C)cc2)=C1C. The van der Waals surface area contributed by atoms with Crippen LogP contribution in [0.5, 0.6) is 0 Å². The highest BCUT2D eigenvalue weighted by Gasteiger charge is 2.24. The van der Waals surface area contributed by atoms with Crippen LogP contribution in [0.25, 0.3) is 0 Å². The van der Waals surface area contributed by atoms with E-state index in [0.29, 0.717) is 0 Å². The molecule has 0 radical (unpaired) electrons. The first kappa shape index (κ1) is 15.0. The van der Waals surface area contributed by atoms with Crippen molar-refractivity contribution in [2.75, 3.05) is 0 Å². The van der Waals surface area contributed by atoms with Crippen molar-refractivity contribution in [3.05, 3.63) is 40.3 Å². The Morgan fingerprint density at radius 3 is 2.50 bits per heavy atom. The molecule has 0 fully saturated rings. The Morgan fingerprint density at radius 2 is 1.90 bits per heavy atom. The van der Waals surface area contributed by atoms with Crippen LogP contribution in [-0.4, -0.2) is 16.2 Å². The number of amides is 1. The van der Waals surface area contributed by atoms with Gasteiger partial charge in [-0.2, -0.15) is 0 Å². The lowest BCUT2D eigenvalue weighted by Gasteiger charge is -2.26. The van der Waals surface area contributed by atoms with E-state index in [1.54, 1.807) is 0 Å². The van der Waals surface area contributed by atoms with Crippen molar-refractivity contribution in [1.82, 2.24) is 5.32 Å². The predicted octanol–water partition coefficient (Wildman–Crippen LogP) is 3.07. The summed E-state index contributed by atoms with van der Waals surface area (Å²) in [5.41, 5.74) is 2.22. The van der Waals surface area contributed by atoms with E-state index in [1.807, 2.05) is 38.1 Å². The summed E-state index contributed by atoms with van der Waals surface area (Å²) in [5, 5.41) is 2.95. The van der Waals surface area contributed by atoms with Crippen LogP contribution < -0.4 is 5.32 Å². The molecule has 0 spiro atoms. The second-order valence-corrected chi connectivity index (χ2v) is 6.83. The van der Waals surface area contributed by atoms with E-state index in [-0.39, 0.29) is 11.9 Å². The summed E-state index contributed by atoms with van der Waals surface area (Å²) in [6.07, 6.45) is 2.75. The zero-order valence-corrected chi connectivity index (χ0v) is 13.0. The van der Waals surface area contributed by atoms with E-state index in [4.69, 9.17) is 0 Å². The third-order valence-corrected chi connectivity index (χ3v) is 5.37. The molecule has 0 aliphatic heterocycles. The van der Waals surface area contributed by atoms with E-state index in [9.17, 15) is 9.00 Å². The number of allylic oxidation sites excluding steroid dienone is 1. The van der Waals surface area contributed by atoms with Crippen molar-refractivity contribution in [2.45, 2.75) is 51.0 Å². The molecule has 108 valence electrons. The fourth-order valence-electron chi connectivity index (χ4n) is 2.54. The van der Waals surface area contributed by atoms with Gasteiger partial charge in [0.25, 0.3) is 0 Å². The summed E-state index contributed by atoms with van der Waals surface area (Å²) in [6.45, 7) is 5.53. The largest absolute Gasteiger partial charge is 0.350 e. The van der Waals surface area contributed by atoms with Crippen molar-refractivity contribution in [3.8, 4) is 0 Å². The van der Waals surface area contributed by atoms with Crippen molar-refractivity contribution >= 4 is 16.7 Å². The first-order valence-electron chi connectivity index (χ1n) is 6.94. The summed E-state index contributed by atoms with van der Waals surface area (Å²) in [6, 6.07) is 7.85. The van der Waals surface area contributed by atoms with Crippen molar-refractivity contribution in [3.63, 3.8) is 0 Å². The van der Waals surface area contributed by atoms with Crippen molar-refractivity contribution < 1.29 is 9.00 Å². The van der Waals surface area contributed by atoms with Crippen LogP contribution in [0.3, 0.4) is 0 Å². The van der Waals surface area contributed by atoms with Gasteiger partial charge in [0.2, 0.25) is 5.91 Å². The molecule has 2 rings (SSSR count). The molecular formula is C16H21NO2S. The maximum atomic E-state index is 12.7. The molecule has 1 aliphatic rings. The monoisotopic (exact) mass is 291 g/mol. The molecule has 3 nitrogen and oxygen atoms in total. The first-order chi connectivity index (χ1) is 9.49. The number of rotatable bonds is 3. The molecule has 0 aromatic heterocycles. The van der Waals surface area contributed by atoms with Crippen molar-refractivity contribution in [2.24, 2.45) is 0 Å². The van der Waals surface area contributed by atoms with E-state index in [2.05, 4.69) is 5.32 Å². The first-order valence-corrected chi connectivity index (χ1v) is 8.09. The molecule has 4 heteroatoms. The molecule has 1 aliphatic carbocycles. The van der Waals surface area contributed by atoms with E-state index in [0.717, 1.165) is 40.2 Å². The molecular weight excluding hydrogens is 270 g/mol. The van der Waals surface area contributed by atoms with Gasteiger partial charge in [-0.1, -0.05) is 17.7 Å². The van der Waals surface area contributed by atoms with Gasteiger partial charge < -0.3 is 5.32 Å². The highest BCUT2D eigenvalue weighted by atomic mass is 32.2. The Morgan fingerprint density at radius 1 is 1.25 bits per heavy atom. The predicted molar refractivity (Wildman–Crippen MR) is 81.7 cm³/mol. The quantitative estimate of drug-likeness (QED) is 0.930. The van der Waals surface area contributed by atoms with Gasteiger partial charge in [-0.05, 0) is 50.8 Å². The van der Waals surface area contributed by atoms with Crippen LogP contribution in [0, 0.1) is 6.92 Å². The number of carbonyl (C=O) groups is 1. The number of carbonyl (C=O) groups excluding carboxylic acids is 1. The molecule has 0 saturated carbocycles. The second kappa shape index (κ2) is 6.35. The number of aryl methyl sites for hydroxylation is 1. The molecule has 1 aromatic carbocycles.